The molecule has 148 valence electrons. The van der Waals surface area contributed by atoms with E-state index < -0.39 is 0 Å². The summed E-state index contributed by atoms with van der Waals surface area (Å²) in [6, 6.07) is 9.80. The molecule has 2 aromatic heterocycles. The van der Waals surface area contributed by atoms with Crippen LogP contribution in [0.25, 0.3) is 16.9 Å². The number of pyridine rings is 1. The van der Waals surface area contributed by atoms with E-state index in [4.69, 9.17) is 4.98 Å². The van der Waals surface area contributed by atoms with Gasteiger partial charge in [-0.15, -0.1) is 0 Å². The molecular formula is C22H25Br2N3O. The molecule has 1 unspecified atom stereocenters. The molecule has 0 aliphatic heterocycles. The lowest BCUT2D eigenvalue weighted by atomic mass is 9.84. The number of carbonyl (C=O) groups is 1. The molecule has 3 aromatic rings. The van der Waals surface area contributed by atoms with E-state index in [1.807, 2.05) is 47.1 Å². The molecule has 28 heavy (non-hydrogen) atoms. The number of hydrogen-bond acceptors (Lipinski definition) is 2. The van der Waals surface area contributed by atoms with Crippen molar-refractivity contribution in [2.45, 2.75) is 40.5 Å². The van der Waals surface area contributed by atoms with Crippen molar-refractivity contribution in [3.63, 3.8) is 0 Å². The summed E-state index contributed by atoms with van der Waals surface area (Å²) in [5.41, 5.74) is 3.70. The first-order valence-corrected chi connectivity index (χ1v) is 10.9. The van der Waals surface area contributed by atoms with Crippen LogP contribution in [0.2, 0.25) is 0 Å². The first-order valence-electron chi connectivity index (χ1n) is 9.35. The molecule has 0 radical (unpaired) electrons. The average molecular weight is 507 g/mol. The molecule has 0 aliphatic rings. The van der Waals surface area contributed by atoms with Gasteiger partial charge in [-0.05, 0) is 67.8 Å². The van der Waals surface area contributed by atoms with Gasteiger partial charge < -0.3 is 9.72 Å². The summed E-state index contributed by atoms with van der Waals surface area (Å²) >= 11 is 7.05. The molecule has 4 nitrogen and oxygen atoms in total. The molecule has 0 saturated heterocycles. The smallest absolute Gasteiger partial charge is 0.224 e. The Kier molecular flexibility index (Phi) is 6.30. The van der Waals surface area contributed by atoms with E-state index in [0.29, 0.717) is 12.3 Å². The summed E-state index contributed by atoms with van der Waals surface area (Å²) < 4.78 is 3.87. The highest BCUT2D eigenvalue weighted by Gasteiger charge is 2.18. The van der Waals surface area contributed by atoms with Crippen molar-refractivity contribution in [1.29, 1.82) is 0 Å². The van der Waals surface area contributed by atoms with Gasteiger partial charge in [0.15, 0.2) is 5.65 Å². The highest BCUT2D eigenvalue weighted by Crippen LogP contribution is 2.28. The van der Waals surface area contributed by atoms with Gasteiger partial charge in [0.25, 0.3) is 0 Å². The van der Waals surface area contributed by atoms with Crippen molar-refractivity contribution in [3.05, 3.63) is 51.7 Å². The highest BCUT2D eigenvalue weighted by atomic mass is 79.9. The molecule has 0 spiro atoms. The minimum Gasteiger partial charge on any atom is -0.326 e. The molecule has 0 fully saturated rings. The second kappa shape index (κ2) is 8.37. The van der Waals surface area contributed by atoms with E-state index in [1.165, 1.54) is 0 Å². The summed E-state index contributed by atoms with van der Waals surface area (Å²) in [5, 5.41) is 3.03. The second-order valence-electron chi connectivity index (χ2n) is 8.57. The van der Waals surface area contributed by atoms with E-state index in [9.17, 15) is 4.79 Å². The zero-order valence-corrected chi connectivity index (χ0v) is 19.8. The molecule has 6 heteroatoms. The molecule has 1 amide bonds. The van der Waals surface area contributed by atoms with Gasteiger partial charge >= 0.3 is 0 Å². The monoisotopic (exact) mass is 505 g/mol. The number of benzene rings is 1. The molecule has 1 N–H and O–H groups in total. The van der Waals surface area contributed by atoms with E-state index in [1.54, 1.807) is 0 Å². The second-order valence-corrected chi connectivity index (χ2v) is 10.3. The Morgan fingerprint density at radius 2 is 1.96 bits per heavy atom. The van der Waals surface area contributed by atoms with Gasteiger partial charge in [-0.1, -0.05) is 39.8 Å². The van der Waals surface area contributed by atoms with Crippen LogP contribution in [0.15, 0.2) is 51.7 Å². The van der Waals surface area contributed by atoms with Crippen LogP contribution in [-0.2, 0) is 4.79 Å². The zero-order valence-electron chi connectivity index (χ0n) is 16.6. The fourth-order valence-corrected chi connectivity index (χ4v) is 4.86. The molecule has 1 atom stereocenters. The van der Waals surface area contributed by atoms with Gasteiger partial charge in [-0.3, -0.25) is 4.79 Å². The van der Waals surface area contributed by atoms with Crippen molar-refractivity contribution in [2.24, 2.45) is 11.3 Å². The standard InChI is InChI=1S/C22H25Br2N3O/c1-14(11-22(2,3)4)8-20(28)25-17-7-5-6-15(9-17)19-13-27-12-16(23)10-18(24)21(27)26-19/h5-7,9-10,12-14H,8,11H2,1-4H3,(H,25,28). The Labute approximate surface area is 183 Å². The number of imidazole rings is 1. The molecule has 0 aliphatic carbocycles. The predicted octanol–water partition coefficient (Wildman–Crippen LogP) is 6.93. The van der Waals surface area contributed by atoms with Crippen molar-refractivity contribution >= 4 is 49.1 Å². The van der Waals surface area contributed by atoms with Gasteiger partial charge in [-0.25, -0.2) is 4.98 Å². The number of hydrogen-bond donors (Lipinski definition) is 1. The third-order valence-corrected chi connectivity index (χ3v) is 5.43. The van der Waals surface area contributed by atoms with Gasteiger partial charge in [0, 0.05) is 34.5 Å². The zero-order chi connectivity index (χ0) is 20.5. The number of nitrogens with zero attached hydrogens (tertiary/aromatic N) is 2. The Hall–Kier alpha value is -1.66. The maximum absolute atomic E-state index is 12.4. The molecule has 1 aromatic carbocycles. The van der Waals surface area contributed by atoms with E-state index in [-0.39, 0.29) is 11.3 Å². The molecular weight excluding hydrogens is 482 g/mol. The molecule has 2 heterocycles. The average Bonchev–Trinajstić information content (AvgIpc) is 2.97. The quantitative estimate of drug-likeness (QED) is 0.407. The SMILES string of the molecule is CC(CC(=O)Nc1cccc(-c2cn3cc(Br)cc(Br)c3n2)c1)CC(C)(C)C. The van der Waals surface area contributed by atoms with Crippen molar-refractivity contribution in [2.75, 3.05) is 5.32 Å². The molecule has 3 rings (SSSR count). The van der Waals surface area contributed by atoms with Crippen LogP contribution >= 0.6 is 31.9 Å². The van der Waals surface area contributed by atoms with E-state index in [2.05, 4.69) is 64.9 Å². The summed E-state index contributed by atoms with van der Waals surface area (Å²) in [6.45, 7) is 8.75. The highest BCUT2D eigenvalue weighted by molar-refractivity contribution is 9.11. The predicted molar refractivity (Wildman–Crippen MR) is 123 cm³/mol. The maximum atomic E-state index is 12.4. The number of rotatable bonds is 5. The molecule has 0 bridgehead atoms. The van der Waals surface area contributed by atoms with Gasteiger partial charge in [0.1, 0.15) is 0 Å². The summed E-state index contributed by atoms with van der Waals surface area (Å²) in [5.74, 6) is 0.396. The third-order valence-electron chi connectivity index (χ3n) is 4.41. The summed E-state index contributed by atoms with van der Waals surface area (Å²) in [7, 11) is 0. The van der Waals surface area contributed by atoms with Crippen LogP contribution in [-0.4, -0.2) is 15.3 Å². The Balaban J connectivity index is 1.76. The van der Waals surface area contributed by atoms with Gasteiger partial charge in [-0.2, -0.15) is 0 Å². The summed E-state index contributed by atoms with van der Waals surface area (Å²) in [4.78, 5) is 17.2. The number of carbonyl (C=O) groups excluding carboxylic acids is 1. The third kappa shape index (κ3) is 5.45. The number of nitrogens with one attached hydrogen (secondary N) is 1. The van der Waals surface area contributed by atoms with Crippen LogP contribution in [0, 0.1) is 11.3 Å². The van der Waals surface area contributed by atoms with Crippen molar-refractivity contribution in [3.8, 4) is 11.3 Å². The van der Waals surface area contributed by atoms with Crippen LogP contribution < -0.4 is 5.32 Å². The largest absolute Gasteiger partial charge is 0.326 e. The van der Waals surface area contributed by atoms with Crippen molar-refractivity contribution < 1.29 is 4.79 Å². The number of halogens is 2. The number of anilines is 1. The molecule has 0 saturated carbocycles. The van der Waals surface area contributed by atoms with Crippen LogP contribution in [0.5, 0.6) is 0 Å². The normalized spacial score (nSPS) is 12.9. The van der Waals surface area contributed by atoms with Crippen molar-refractivity contribution in [1.82, 2.24) is 9.38 Å². The first-order chi connectivity index (χ1) is 13.1. The van der Waals surface area contributed by atoms with Gasteiger partial charge in [0.05, 0.1) is 10.2 Å². The van der Waals surface area contributed by atoms with E-state index in [0.717, 1.165) is 38.0 Å². The maximum Gasteiger partial charge on any atom is 0.224 e. The van der Waals surface area contributed by atoms with Crippen LogP contribution in [0.4, 0.5) is 5.69 Å². The fourth-order valence-electron chi connectivity index (χ4n) is 3.57. The van der Waals surface area contributed by atoms with E-state index >= 15 is 0 Å². The lowest BCUT2D eigenvalue weighted by Crippen LogP contribution is -2.18. The number of fused-ring (bicyclic) bond motifs is 1. The topological polar surface area (TPSA) is 46.4 Å². The number of aromatic nitrogens is 2. The Morgan fingerprint density at radius 3 is 2.68 bits per heavy atom. The lowest BCUT2D eigenvalue weighted by Gasteiger charge is -2.22. The minimum absolute atomic E-state index is 0.0515. The Morgan fingerprint density at radius 1 is 1.21 bits per heavy atom. The lowest BCUT2D eigenvalue weighted by molar-refractivity contribution is -0.117. The Bertz CT molecular complexity index is 1000. The summed E-state index contributed by atoms with van der Waals surface area (Å²) in [6.07, 6.45) is 5.50. The van der Waals surface area contributed by atoms with Gasteiger partial charge in [0.2, 0.25) is 5.91 Å². The van der Waals surface area contributed by atoms with Crippen LogP contribution in [0.1, 0.15) is 40.5 Å². The fraction of sp³-hybridized carbons (Fsp3) is 0.364. The number of amides is 1. The van der Waals surface area contributed by atoms with Crippen LogP contribution in [0.3, 0.4) is 0 Å². The minimum atomic E-state index is 0.0515. The first kappa shape index (κ1) is 21.1.